The van der Waals surface area contributed by atoms with Crippen LogP contribution in [0.5, 0.6) is 5.75 Å². The summed E-state index contributed by atoms with van der Waals surface area (Å²) in [5.74, 6) is 0.244. The van der Waals surface area contributed by atoms with E-state index in [2.05, 4.69) is 9.82 Å². The van der Waals surface area contributed by atoms with Crippen LogP contribution in [0.4, 0.5) is 0 Å². The molecule has 4 rings (SSSR count). The van der Waals surface area contributed by atoms with Gasteiger partial charge in [0.1, 0.15) is 28.6 Å². The van der Waals surface area contributed by atoms with Crippen LogP contribution in [-0.4, -0.2) is 70.0 Å². The maximum Gasteiger partial charge on any atom is 0.475 e. The molecule has 1 fully saturated rings. The normalized spacial score (nSPS) is 15.5. The Morgan fingerprint density at radius 2 is 1.98 bits per heavy atom. The van der Waals surface area contributed by atoms with Crippen molar-refractivity contribution in [2.75, 3.05) is 26.3 Å². The third kappa shape index (κ3) is 7.15. The molecule has 0 amide bonds. The molecule has 16 heteroatoms. The molecule has 0 unspecified atom stereocenters. The molecule has 1 saturated heterocycles. The Hall–Kier alpha value is -3.57. The first-order valence-electron chi connectivity index (χ1n) is 14.4. The zero-order chi connectivity index (χ0) is 31.1. The highest BCUT2D eigenvalue weighted by Gasteiger charge is 2.37. The minimum absolute atomic E-state index is 0.000217. The maximum atomic E-state index is 13.8. The van der Waals surface area contributed by atoms with Crippen LogP contribution >= 0.6 is 0 Å². The Morgan fingerprint density at radius 1 is 1.23 bits per heavy atom. The van der Waals surface area contributed by atoms with Gasteiger partial charge >= 0.3 is 5.09 Å². The highest BCUT2D eigenvalue weighted by Crippen LogP contribution is 2.34. The molecule has 0 bridgehead atoms. The molecule has 3 aromatic rings. The van der Waals surface area contributed by atoms with Crippen molar-refractivity contribution >= 4 is 21.1 Å². The van der Waals surface area contributed by atoms with Crippen molar-refractivity contribution in [1.82, 2.24) is 24.5 Å². The summed E-state index contributed by atoms with van der Waals surface area (Å²) in [5.41, 5.74) is 3.26. The lowest BCUT2D eigenvalue weighted by Crippen LogP contribution is -2.43. The van der Waals surface area contributed by atoms with E-state index in [0.717, 1.165) is 24.8 Å². The van der Waals surface area contributed by atoms with Crippen LogP contribution in [0.15, 0.2) is 34.1 Å². The van der Waals surface area contributed by atoms with E-state index >= 15 is 0 Å². The van der Waals surface area contributed by atoms with Gasteiger partial charge in [0.2, 0.25) is 16.1 Å². The number of hydrogen-bond donors (Lipinski definition) is 3. The lowest BCUT2D eigenvalue weighted by Gasteiger charge is -2.32. The Labute approximate surface area is 248 Å². The minimum Gasteiger partial charge on any atom is -0.765 e. The van der Waals surface area contributed by atoms with Gasteiger partial charge < -0.3 is 24.3 Å². The number of fused-ring (bicyclic) bond motifs is 1. The fourth-order valence-corrected chi connectivity index (χ4v) is 6.91. The quantitative estimate of drug-likeness (QED) is 0.211. The summed E-state index contributed by atoms with van der Waals surface area (Å²) in [6.45, 7) is 6.81. The van der Waals surface area contributed by atoms with Gasteiger partial charge in [-0.05, 0) is 56.4 Å². The van der Waals surface area contributed by atoms with Gasteiger partial charge in [0.05, 0.1) is 22.6 Å². The van der Waals surface area contributed by atoms with Gasteiger partial charge in [0.25, 0.3) is 5.56 Å². The molecule has 43 heavy (non-hydrogen) atoms. The van der Waals surface area contributed by atoms with Gasteiger partial charge in [0, 0.05) is 31.7 Å². The highest BCUT2D eigenvalue weighted by atomic mass is 32.2. The molecule has 3 N–H and O–H groups in total. The van der Waals surface area contributed by atoms with Crippen LogP contribution in [0, 0.1) is 16.0 Å². The van der Waals surface area contributed by atoms with Crippen LogP contribution in [-0.2, 0) is 32.7 Å². The largest absolute Gasteiger partial charge is 0.765 e. The second-order valence-electron chi connectivity index (χ2n) is 10.3. The molecule has 15 nitrogen and oxygen atoms in total. The van der Waals surface area contributed by atoms with Crippen molar-refractivity contribution in [2.24, 2.45) is 5.92 Å². The van der Waals surface area contributed by atoms with Crippen molar-refractivity contribution in [2.45, 2.75) is 70.4 Å². The number of benzene rings is 1. The summed E-state index contributed by atoms with van der Waals surface area (Å²) in [6.07, 6.45) is 3.86. The number of piperidine rings is 1. The van der Waals surface area contributed by atoms with E-state index in [4.69, 9.17) is 19.8 Å². The van der Waals surface area contributed by atoms with E-state index < -0.39 is 21.2 Å². The standard InChI is InChI=1S/C27H38N6O9S/c1-4-7-19-16-31(6-3)25-24(19)28-26(29-27(25)34)21-15-20(8-9-22(21)40-14-5-2)43(38,39)32-12-10-18(11-13-32)23(17-41-30-35)42-33(36)37/h8-9,15-16,18,23,30H,4-7,10-14,17H2,1-3H3,(H,36,37)(H,28,29,34)/t23-/m1/s1. The smallest absolute Gasteiger partial charge is 0.475 e. The van der Waals surface area contributed by atoms with Gasteiger partial charge in [-0.25, -0.2) is 18.6 Å². The number of hydrogen-bond acceptors (Lipinski definition) is 10. The number of rotatable bonds is 15. The SMILES string of the molecule is CCCOc1ccc(S(=O)(=O)N2CCC([C@@H](CON[O-])O[N+](=O)O)CC2)cc1-c1nc2c(CCC)cn(CC)c2c(=O)[nH]1. The van der Waals surface area contributed by atoms with Gasteiger partial charge in [0.15, 0.2) is 0 Å². The summed E-state index contributed by atoms with van der Waals surface area (Å²) in [5, 5.41) is 18.8. The van der Waals surface area contributed by atoms with Crippen LogP contribution in [0.3, 0.4) is 0 Å². The summed E-state index contributed by atoms with van der Waals surface area (Å²) >= 11 is 0. The van der Waals surface area contributed by atoms with Crippen molar-refractivity contribution in [3.05, 3.63) is 50.4 Å². The number of sulfonamides is 1. The van der Waals surface area contributed by atoms with Gasteiger partial charge in [-0.1, -0.05) is 20.3 Å². The van der Waals surface area contributed by atoms with Crippen LogP contribution in [0.25, 0.3) is 22.4 Å². The summed E-state index contributed by atoms with van der Waals surface area (Å²) in [6, 6.07) is 4.50. The average molecular weight is 623 g/mol. The fourth-order valence-electron chi connectivity index (χ4n) is 5.41. The third-order valence-electron chi connectivity index (χ3n) is 7.52. The fraction of sp³-hybridized carbons (Fsp3) is 0.556. The topological polar surface area (TPSA) is 191 Å². The van der Waals surface area contributed by atoms with Gasteiger partial charge in [-0.3, -0.25) is 10.4 Å². The number of aryl methyl sites for hydroxylation is 2. The lowest BCUT2D eigenvalue weighted by atomic mass is 9.92. The Balaban J connectivity index is 1.68. The monoisotopic (exact) mass is 622 g/mol. The van der Waals surface area contributed by atoms with Gasteiger partial charge in [-0.15, -0.1) is 0 Å². The molecule has 1 aliphatic heterocycles. The molecule has 1 atom stereocenters. The highest BCUT2D eigenvalue weighted by molar-refractivity contribution is 7.89. The number of nitrogens with zero attached hydrogens (tertiary/aromatic N) is 4. The Bertz CT molecular complexity index is 1580. The lowest BCUT2D eigenvalue weighted by molar-refractivity contribution is -0.982. The van der Waals surface area contributed by atoms with E-state index in [9.17, 15) is 23.3 Å². The number of ether oxygens (including phenoxy) is 1. The predicted molar refractivity (Wildman–Crippen MR) is 155 cm³/mol. The molecule has 0 spiro atoms. The second-order valence-corrected chi connectivity index (χ2v) is 12.3. The number of H-pyrrole nitrogens is 1. The molecular weight excluding hydrogens is 584 g/mol. The zero-order valence-electron chi connectivity index (χ0n) is 24.4. The predicted octanol–water partition coefficient (Wildman–Crippen LogP) is 3.04. The third-order valence-corrected chi connectivity index (χ3v) is 9.41. The van der Waals surface area contributed by atoms with Crippen LogP contribution in [0.2, 0.25) is 0 Å². The number of aromatic nitrogens is 3. The van der Waals surface area contributed by atoms with Crippen molar-refractivity contribution in [3.8, 4) is 17.1 Å². The molecule has 0 saturated carbocycles. The first-order valence-corrected chi connectivity index (χ1v) is 15.8. The average Bonchev–Trinajstić information content (AvgIpc) is 3.36. The molecule has 0 aliphatic carbocycles. The molecule has 1 aliphatic rings. The Morgan fingerprint density at radius 3 is 2.60 bits per heavy atom. The first kappa shape index (κ1) is 32.3. The van der Waals surface area contributed by atoms with Crippen LogP contribution < -0.4 is 15.9 Å². The van der Waals surface area contributed by atoms with Crippen molar-refractivity contribution < 1.29 is 33.1 Å². The summed E-state index contributed by atoms with van der Waals surface area (Å²) in [4.78, 5) is 41.3. The molecular formula is C27H38N6O9S. The maximum absolute atomic E-state index is 13.8. The van der Waals surface area contributed by atoms with Crippen LogP contribution in [0.1, 0.15) is 52.0 Å². The van der Waals surface area contributed by atoms with E-state index in [1.807, 2.05) is 31.5 Å². The summed E-state index contributed by atoms with van der Waals surface area (Å²) < 4.78 is 36.6. The number of nitrogens with one attached hydrogen (secondary N) is 2. The molecule has 0 radical (unpaired) electrons. The minimum atomic E-state index is -3.99. The molecule has 1 aromatic carbocycles. The Kier molecular flexibility index (Phi) is 10.7. The number of aromatic amines is 1. The second kappa shape index (κ2) is 14.3. The van der Waals surface area contributed by atoms with E-state index in [1.54, 1.807) is 6.07 Å². The molecule has 3 heterocycles. The van der Waals surface area contributed by atoms with Crippen molar-refractivity contribution in [3.63, 3.8) is 0 Å². The van der Waals surface area contributed by atoms with E-state index in [1.165, 1.54) is 22.1 Å². The zero-order valence-corrected chi connectivity index (χ0v) is 25.3. The van der Waals surface area contributed by atoms with E-state index in [0.29, 0.717) is 35.5 Å². The molecule has 236 valence electrons. The first-order chi connectivity index (χ1) is 20.6. The van der Waals surface area contributed by atoms with E-state index in [-0.39, 0.29) is 54.7 Å². The van der Waals surface area contributed by atoms with Gasteiger partial charge in [-0.2, -0.15) is 9.14 Å². The molecule has 2 aromatic heterocycles. The summed E-state index contributed by atoms with van der Waals surface area (Å²) in [7, 11) is -3.99. The van der Waals surface area contributed by atoms with Crippen molar-refractivity contribution in [1.29, 1.82) is 0 Å².